The van der Waals surface area contributed by atoms with Crippen molar-refractivity contribution in [3.8, 4) is 17.0 Å². The van der Waals surface area contributed by atoms with Gasteiger partial charge in [0.05, 0.1) is 18.3 Å². The molecule has 0 aliphatic carbocycles. The summed E-state index contributed by atoms with van der Waals surface area (Å²) in [6, 6.07) is 4.78. The summed E-state index contributed by atoms with van der Waals surface area (Å²) in [6.45, 7) is 5.62. The number of aryl methyl sites for hydroxylation is 1. The van der Waals surface area contributed by atoms with Gasteiger partial charge >= 0.3 is 0 Å². The van der Waals surface area contributed by atoms with Crippen LogP contribution in [0.1, 0.15) is 25.4 Å². The van der Waals surface area contributed by atoms with Crippen molar-refractivity contribution in [3.63, 3.8) is 0 Å². The van der Waals surface area contributed by atoms with Gasteiger partial charge in [0.15, 0.2) is 11.6 Å². The van der Waals surface area contributed by atoms with E-state index in [1.165, 1.54) is 13.2 Å². The fourth-order valence-corrected chi connectivity index (χ4v) is 1.86. The molecule has 1 aromatic carbocycles. The van der Waals surface area contributed by atoms with Crippen LogP contribution in [0.2, 0.25) is 0 Å². The third-order valence-electron chi connectivity index (χ3n) is 2.92. The van der Waals surface area contributed by atoms with Crippen LogP contribution in [-0.2, 0) is 5.54 Å². The molecule has 5 heteroatoms. The Hall–Kier alpha value is -1.88. The van der Waals surface area contributed by atoms with E-state index < -0.39 is 11.4 Å². The van der Waals surface area contributed by atoms with Crippen molar-refractivity contribution < 1.29 is 9.13 Å². The SMILES string of the molecule is COc1ccc(-c2nc(C(C)(C)N)[nH]c2C)cc1F. The minimum atomic E-state index is -0.561. The van der Waals surface area contributed by atoms with Crippen molar-refractivity contribution in [2.45, 2.75) is 26.3 Å². The normalized spacial score (nSPS) is 11.7. The lowest BCUT2D eigenvalue weighted by atomic mass is 10.1. The first kappa shape index (κ1) is 13.5. The largest absolute Gasteiger partial charge is 0.494 e. The van der Waals surface area contributed by atoms with Crippen LogP contribution in [0.25, 0.3) is 11.3 Å². The number of imidazole rings is 1. The van der Waals surface area contributed by atoms with Crippen LogP contribution in [0.15, 0.2) is 18.2 Å². The molecule has 2 rings (SSSR count). The third kappa shape index (κ3) is 2.61. The summed E-state index contributed by atoms with van der Waals surface area (Å²) in [5.41, 5.74) is 7.70. The minimum absolute atomic E-state index is 0.219. The molecule has 0 saturated carbocycles. The molecule has 0 bridgehead atoms. The summed E-state index contributed by atoms with van der Waals surface area (Å²) in [5, 5.41) is 0. The van der Waals surface area contributed by atoms with E-state index in [9.17, 15) is 4.39 Å². The van der Waals surface area contributed by atoms with Gasteiger partial charge in [-0.25, -0.2) is 9.37 Å². The molecule has 1 aromatic heterocycles. The molecule has 0 amide bonds. The lowest BCUT2D eigenvalue weighted by molar-refractivity contribution is 0.386. The van der Waals surface area contributed by atoms with Crippen molar-refractivity contribution in [3.05, 3.63) is 35.5 Å². The van der Waals surface area contributed by atoms with Gasteiger partial charge < -0.3 is 15.5 Å². The van der Waals surface area contributed by atoms with Gasteiger partial charge in [0.2, 0.25) is 0 Å². The quantitative estimate of drug-likeness (QED) is 0.895. The number of nitrogens with two attached hydrogens (primary N) is 1. The predicted molar refractivity (Wildman–Crippen MR) is 72.5 cm³/mol. The van der Waals surface area contributed by atoms with E-state index in [2.05, 4.69) is 9.97 Å². The molecular weight excluding hydrogens is 245 g/mol. The van der Waals surface area contributed by atoms with E-state index >= 15 is 0 Å². The fraction of sp³-hybridized carbons (Fsp3) is 0.357. The second-order valence-corrected chi connectivity index (χ2v) is 5.13. The van der Waals surface area contributed by atoms with Gasteiger partial charge in [-0.2, -0.15) is 0 Å². The van der Waals surface area contributed by atoms with E-state index in [-0.39, 0.29) is 5.75 Å². The smallest absolute Gasteiger partial charge is 0.165 e. The first-order valence-electron chi connectivity index (χ1n) is 6.03. The highest BCUT2D eigenvalue weighted by Crippen LogP contribution is 2.28. The number of hydrogen-bond donors (Lipinski definition) is 2. The number of nitrogens with one attached hydrogen (secondary N) is 1. The van der Waals surface area contributed by atoms with Crippen LogP contribution >= 0.6 is 0 Å². The van der Waals surface area contributed by atoms with Crippen LogP contribution in [0.5, 0.6) is 5.75 Å². The Bertz CT molecular complexity index is 599. The monoisotopic (exact) mass is 263 g/mol. The second-order valence-electron chi connectivity index (χ2n) is 5.13. The number of nitrogens with zero attached hydrogens (tertiary/aromatic N) is 1. The number of H-pyrrole nitrogens is 1. The van der Waals surface area contributed by atoms with E-state index in [0.717, 1.165) is 5.69 Å². The molecule has 0 atom stereocenters. The standard InChI is InChI=1S/C14H18FN3O/c1-8-12(18-13(17-8)14(2,3)16)9-5-6-11(19-4)10(15)7-9/h5-7H,16H2,1-4H3,(H,17,18). The van der Waals surface area contributed by atoms with Gasteiger partial charge in [-0.05, 0) is 39.0 Å². The minimum Gasteiger partial charge on any atom is -0.494 e. The van der Waals surface area contributed by atoms with Crippen LogP contribution in [0.4, 0.5) is 4.39 Å². The molecule has 0 aliphatic rings. The zero-order valence-corrected chi connectivity index (χ0v) is 11.5. The van der Waals surface area contributed by atoms with E-state index in [4.69, 9.17) is 10.5 Å². The Kier molecular flexibility index (Phi) is 3.32. The molecule has 4 nitrogen and oxygen atoms in total. The molecule has 0 aliphatic heterocycles. The van der Waals surface area contributed by atoms with Crippen molar-refractivity contribution in [2.24, 2.45) is 5.73 Å². The molecule has 0 fully saturated rings. The lowest BCUT2D eigenvalue weighted by Gasteiger charge is -2.14. The molecule has 0 unspecified atom stereocenters. The molecule has 0 spiro atoms. The van der Waals surface area contributed by atoms with Gasteiger partial charge in [0.1, 0.15) is 5.82 Å². The number of aromatic nitrogens is 2. The highest BCUT2D eigenvalue weighted by Gasteiger charge is 2.21. The van der Waals surface area contributed by atoms with Gasteiger partial charge in [-0.1, -0.05) is 0 Å². The average Bonchev–Trinajstić information content (AvgIpc) is 2.71. The third-order valence-corrected chi connectivity index (χ3v) is 2.92. The van der Waals surface area contributed by atoms with Gasteiger partial charge in [0, 0.05) is 11.3 Å². The maximum atomic E-state index is 13.7. The molecule has 0 radical (unpaired) electrons. The first-order valence-corrected chi connectivity index (χ1v) is 6.03. The van der Waals surface area contributed by atoms with Crippen LogP contribution in [0.3, 0.4) is 0 Å². The molecule has 2 aromatic rings. The van der Waals surface area contributed by atoms with Crippen LogP contribution in [0, 0.1) is 12.7 Å². The average molecular weight is 263 g/mol. The Morgan fingerprint density at radius 1 is 1.37 bits per heavy atom. The number of rotatable bonds is 3. The number of ether oxygens (including phenoxy) is 1. The van der Waals surface area contributed by atoms with E-state index in [1.54, 1.807) is 12.1 Å². The summed E-state index contributed by atoms with van der Waals surface area (Å²) in [5.74, 6) is 0.489. The van der Waals surface area contributed by atoms with Crippen molar-refractivity contribution in [2.75, 3.05) is 7.11 Å². The number of halogens is 1. The Balaban J connectivity index is 2.48. The predicted octanol–water partition coefficient (Wildman–Crippen LogP) is 2.73. The van der Waals surface area contributed by atoms with Crippen molar-refractivity contribution in [1.29, 1.82) is 0 Å². The van der Waals surface area contributed by atoms with Crippen molar-refractivity contribution >= 4 is 0 Å². The number of aromatic amines is 1. The summed E-state index contributed by atoms with van der Waals surface area (Å²) >= 11 is 0. The summed E-state index contributed by atoms with van der Waals surface area (Å²) < 4.78 is 18.6. The summed E-state index contributed by atoms with van der Waals surface area (Å²) in [7, 11) is 1.44. The highest BCUT2D eigenvalue weighted by molar-refractivity contribution is 5.63. The molecule has 1 heterocycles. The first-order chi connectivity index (χ1) is 8.82. The zero-order chi connectivity index (χ0) is 14.2. The molecule has 102 valence electrons. The molecular formula is C14H18FN3O. The van der Waals surface area contributed by atoms with Crippen LogP contribution in [-0.4, -0.2) is 17.1 Å². The molecule has 3 N–H and O–H groups in total. The Morgan fingerprint density at radius 3 is 2.53 bits per heavy atom. The maximum absolute atomic E-state index is 13.7. The van der Waals surface area contributed by atoms with Gasteiger partial charge in [-0.3, -0.25) is 0 Å². The van der Waals surface area contributed by atoms with E-state index in [1.807, 2.05) is 20.8 Å². The lowest BCUT2D eigenvalue weighted by Crippen LogP contribution is -2.30. The molecule has 19 heavy (non-hydrogen) atoms. The fourth-order valence-electron chi connectivity index (χ4n) is 1.86. The summed E-state index contributed by atoms with van der Waals surface area (Å²) in [4.78, 5) is 7.60. The zero-order valence-electron chi connectivity index (χ0n) is 11.5. The maximum Gasteiger partial charge on any atom is 0.165 e. The second kappa shape index (κ2) is 4.66. The van der Waals surface area contributed by atoms with Crippen LogP contribution < -0.4 is 10.5 Å². The Labute approximate surface area is 111 Å². The number of hydrogen-bond acceptors (Lipinski definition) is 3. The Morgan fingerprint density at radius 2 is 2.05 bits per heavy atom. The number of benzene rings is 1. The van der Waals surface area contributed by atoms with Gasteiger partial charge in [0.25, 0.3) is 0 Å². The highest BCUT2D eigenvalue weighted by atomic mass is 19.1. The molecule has 0 saturated heterocycles. The van der Waals surface area contributed by atoms with Crippen molar-refractivity contribution in [1.82, 2.24) is 9.97 Å². The number of methoxy groups -OCH3 is 1. The topological polar surface area (TPSA) is 63.9 Å². The van der Waals surface area contributed by atoms with Gasteiger partial charge in [-0.15, -0.1) is 0 Å². The summed E-state index contributed by atoms with van der Waals surface area (Å²) in [6.07, 6.45) is 0. The van der Waals surface area contributed by atoms with E-state index in [0.29, 0.717) is 17.1 Å².